The molecule has 0 aliphatic carbocycles. The molecule has 3 aromatic carbocycles. The maximum atomic E-state index is 13.4. The van der Waals surface area contributed by atoms with E-state index in [4.69, 9.17) is 0 Å². The van der Waals surface area contributed by atoms with Crippen LogP contribution in [-0.4, -0.2) is 29.5 Å². The fourth-order valence-electron chi connectivity index (χ4n) is 3.89. The van der Waals surface area contributed by atoms with Crippen LogP contribution in [0.15, 0.2) is 119 Å². The molecule has 3 N–H and O–H groups in total. The number of aromatic nitrogens is 3. The summed E-state index contributed by atoms with van der Waals surface area (Å²) in [6.07, 6.45) is 1.48. The standard InChI is InChI=1S/C28H21N5O4S/c34-27(30-21-14-16-22(17-15-21)38(36,37)33-23-13-7-8-18-29-23)25-24(19-9-3-1-4-10-19)26(31-32-28(25)35)20-11-5-2-6-12-20/h1-18H,(H,29,33)(H,30,34)(H,32,35). The zero-order valence-electron chi connectivity index (χ0n) is 19.8. The lowest BCUT2D eigenvalue weighted by Crippen LogP contribution is -2.26. The van der Waals surface area contributed by atoms with E-state index in [-0.39, 0.29) is 16.3 Å². The van der Waals surface area contributed by atoms with Crippen molar-refractivity contribution in [2.45, 2.75) is 4.90 Å². The fraction of sp³-hybridized carbons (Fsp3) is 0. The smallest absolute Gasteiger partial charge is 0.277 e. The van der Waals surface area contributed by atoms with Gasteiger partial charge in [-0.25, -0.2) is 18.5 Å². The molecular weight excluding hydrogens is 502 g/mol. The molecule has 0 spiro atoms. The van der Waals surface area contributed by atoms with Gasteiger partial charge in [0.25, 0.3) is 21.5 Å². The lowest BCUT2D eigenvalue weighted by molar-refractivity contribution is 0.102. The second-order valence-corrected chi connectivity index (χ2v) is 9.86. The van der Waals surface area contributed by atoms with Gasteiger partial charge in [-0.1, -0.05) is 66.7 Å². The van der Waals surface area contributed by atoms with Crippen molar-refractivity contribution in [2.75, 3.05) is 10.0 Å². The monoisotopic (exact) mass is 523 g/mol. The Labute approximate surface area is 218 Å². The number of pyridine rings is 1. The van der Waals surface area contributed by atoms with Gasteiger partial charge in [0.2, 0.25) is 0 Å². The summed E-state index contributed by atoms with van der Waals surface area (Å²) in [5, 5.41) is 9.39. The molecule has 0 atom stereocenters. The number of carbonyl (C=O) groups excluding carboxylic acids is 1. The van der Waals surface area contributed by atoms with Crippen molar-refractivity contribution in [3.05, 3.63) is 125 Å². The second-order valence-electron chi connectivity index (χ2n) is 8.18. The Morgan fingerprint density at radius 2 is 1.39 bits per heavy atom. The Morgan fingerprint density at radius 3 is 2.03 bits per heavy atom. The summed E-state index contributed by atoms with van der Waals surface area (Å²) in [5.41, 5.74) is 1.76. The van der Waals surface area contributed by atoms with Crippen molar-refractivity contribution in [3.8, 4) is 22.4 Å². The van der Waals surface area contributed by atoms with Gasteiger partial charge in [0.05, 0.1) is 10.6 Å². The molecule has 0 bridgehead atoms. The van der Waals surface area contributed by atoms with Gasteiger partial charge in [0.1, 0.15) is 11.4 Å². The molecule has 0 saturated carbocycles. The predicted octanol–water partition coefficient (Wildman–Crippen LogP) is 4.55. The zero-order chi connectivity index (χ0) is 26.5. The van der Waals surface area contributed by atoms with E-state index in [9.17, 15) is 18.0 Å². The van der Waals surface area contributed by atoms with Crippen molar-refractivity contribution in [1.82, 2.24) is 15.2 Å². The number of H-pyrrole nitrogens is 1. The van der Waals surface area contributed by atoms with E-state index < -0.39 is 21.5 Å². The molecule has 5 rings (SSSR count). The van der Waals surface area contributed by atoms with E-state index in [0.29, 0.717) is 22.5 Å². The molecule has 0 aliphatic rings. The first-order valence-electron chi connectivity index (χ1n) is 11.5. The number of hydrogen-bond acceptors (Lipinski definition) is 6. The molecule has 2 aromatic heterocycles. The Bertz CT molecular complexity index is 1740. The molecule has 0 saturated heterocycles. The molecule has 0 radical (unpaired) electrons. The van der Waals surface area contributed by atoms with Gasteiger partial charge in [0.15, 0.2) is 0 Å². The summed E-state index contributed by atoms with van der Waals surface area (Å²) >= 11 is 0. The minimum absolute atomic E-state index is 0.0146. The zero-order valence-corrected chi connectivity index (χ0v) is 20.6. The molecule has 1 amide bonds. The third-order valence-electron chi connectivity index (χ3n) is 5.65. The van der Waals surface area contributed by atoms with Gasteiger partial charge in [-0.05, 0) is 42.0 Å². The van der Waals surface area contributed by atoms with Crippen LogP contribution in [0.2, 0.25) is 0 Å². The lowest BCUT2D eigenvalue weighted by Gasteiger charge is -2.14. The number of nitrogens with zero attached hydrogens (tertiary/aromatic N) is 2. The number of hydrogen-bond donors (Lipinski definition) is 3. The van der Waals surface area contributed by atoms with E-state index >= 15 is 0 Å². The Morgan fingerprint density at radius 1 is 0.763 bits per heavy atom. The summed E-state index contributed by atoms with van der Waals surface area (Å²) in [6.45, 7) is 0. The van der Waals surface area contributed by atoms with Gasteiger partial charge in [-0.15, -0.1) is 0 Å². The van der Waals surface area contributed by atoms with Gasteiger partial charge >= 0.3 is 0 Å². The molecule has 10 heteroatoms. The van der Waals surface area contributed by atoms with Crippen LogP contribution in [0.4, 0.5) is 11.5 Å². The molecular formula is C28H21N5O4S. The number of sulfonamides is 1. The average Bonchev–Trinajstić information content (AvgIpc) is 2.94. The maximum absolute atomic E-state index is 13.4. The van der Waals surface area contributed by atoms with Crippen molar-refractivity contribution in [1.29, 1.82) is 0 Å². The van der Waals surface area contributed by atoms with Crippen molar-refractivity contribution >= 4 is 27.4 Å². The predicted molar refractivity (Wildman–Crippen MR) is 145 cm³/mol. The van der Waals surface area contributed by atoms with Crippen LogP contribution < -0.4 is 15.6 Å². The molecule has 188 valence electrons. The van der Waals surface area contributed by atoms with E-state index in [1.807, 2.05) is 48.5 Å². The molecule has 0 aliphatic heterocycles. The summed E-state index contributed by atoms with van der Waals surface area (Å²) < 4.78 is 27.8. The lowest BCUT2D eigenvalue weighted by atomic mass is 9.95. The first-order chi connectivity index (χ1) is 18.4. The van der Waals surface area contributed by atoms with Crippen molar-refractivity contribution in [2.24, 2.45) is 0 Å². The van der Waals surface area contributed by atoms with Crippen LogP contribution in [0.25, 0.3) is 22.4 Å². The van der Waals surface area contributed by atoms with Gasteiger partial charge in [0, 0.05) is 23.0 Å². The fourth-order valence-corrected chi connectivity index (χ4v) is 4.90. The van der Waals surface area contributed by atoms with E-state index in [1.165, 1.54) is 36.5 Å². The highest BCUT2D eigenvalue weighted by atomic mass is 32.2. The molecule has 0 fully saturated rings. The highest BCUT2D eigenvalue weighted by Crippen LogP contribution is 2.32. The maximum Gasteiger partial charge on any atom is 0.277 e. The largest absolute Gasteiger partial charge is 0.322 e. The van der Waals surface area contributed by atoms with Crippen LogP contribution >= 0.6 is 0 Å². The van der Waals surface area contributed by atoms with Gasteiger partial charge in [-0.3, -0.25) is 14.3 Å². The van der Waals surface area contributed by atoms with Crippen LogP contribution in [0.1, 0.15) is 10.4 Å². The molecule has 5 aromatic rings. The molecule has 2 heterocycles. The van der Waals surface area contributed by atoms with Crippen LogP contribution in [0, 0.1) is 0 Å². The Hall–Kier alpha value is -5.09. The van der Waals surface area contributed by atoms with E-state index in [2.05, 4.69) is 25.2 Å². The van der Waals surface area contributed by atoms with Crippen molar-refractivity contribution < 1.29 is 13.2 Å². The summed E-state index contributed by atoms with van der Waals surface area (Å²) in [7, 11) is -3.88. The third-order valence-corrected chi connectivity index (χ3v) is 7.02. The minimum Gasteiger partial charge on any atom is -0.322 e. The SMILES string of the molecule is O=C(Nc1ccc(S(=O)(=O)Nc2ccccn2)cc1)c1c(-c2ccccc2)c(-c2ccccc2)n[nH]c1=O. The van der Waals surface area contributed by atoms with Crippen molar-refractivity contribution in [3.63, 3.8) is 0 Å². The van der Waals surface area contributed by atoms with E-state index in [0.717, 1.165) is 5.56 Å². The Balaban J connectivity index is 1.48. The number of rotatable bonds is 7. The van der Waals surface area contributed by atoms with Crippen LogP contribution in [0.3, 0.4) is 0 Å². The third kappa shape index (κ3) is 5.20. The highest BCUT2D eigenvalue weighted by molar-refractivity contribution is 7.92. The number of aromatic amines is 1. The first kappa shape index (κ1) is 24.6. The molecule has 9 nitrogen and oxygen atoms in total. The van der Waals surface area contributed by atoms with Crippen LogP contribution in [0.5, 0.6) is 0 Å². The number of nitrogens with one attached hydrogen (secondary N) is 3. The summed E-state index contributed by atoms with van der Waals surface area (Å²) in [6, 6.07) is 28.8. The average molecular weight is 524 g/mol. The first-order valence-corrected chi connectivity index (χ1v) is 13.0. The van der Waals surface area contributed by atoms with Crippen LogP contribution in [-0.2, 0) is 10.0 Å². The summed E-state index contributed by atoms with van der Waals surface area (Å²) in [4.78, 5) is 30.3. The number of anilines is 2. The second kappa shape index (κ2) is 10.5. The molecule has 38 heavy (non-hydrogen) atoms. The summed E-state index contributed by atoms with van der Waals surface area (Å²) in [5.74, 6) is -0.476. The number of benzene rings is 3. The Kier molecular flexibility index (Phi) is 6.79. The number of carbonyl (C=O) groups is 1. The number of amides is 1. The van der Waals surface area contributed by atoms with E-state index in [1.54, 1.807) is 24.3 Å². The molecule has 0 unspecified atom stereocenters. The highest BCUT2D eigenvalue weighted by Gasteiger charge is 2.23. The normalized spacial score (nSPS) is 11.1. The van der Waals surface area contributed by atoms with Gasteiger partial charge < -0.3 is 5.32 Å². The van der Waals surface area contributed by atoms with Gasteiger partial charge in [-0.2, -0.15) is 5.10 Å². The topological polar surface area (TPSA) is 134 Å². The minimum atomic E-state index is -3.88. The quantitative estimate of drug-likeness (QED) is 0.287.